The molecule has 4 heteroatoms. The Morgan fingerprint density at radius 2 is 1.65 bits per heavy atom. The lowest BCUT2D eigenvalue weighted by atomic mass is 10.3. The molecule has 0 aromatic rings. The number of hydrogen-bond acceptors (Lipinski definition) is 2. The van der Waals surface area contributed by atoms with Gasteiger partial charge in [-0.1, -0.05) is 32.1 Å². The van der Waals surface area contributed by atoms with Gasteiger partial charge in [0.2, 0.25) is 0 Å². The van der Waals surface area contributed by atoms with Crippen LogP contribution in [-0.4, -0.2) is 52.2 Å². The fourth-order valence-corrected chi connectivity index (χ4v) is 3.43. The lowest BCUT2D eigenvalue weighted by Crippen LogP contribution is -2.29. The molecule has 0 N–H and O–H groups in total. The van der Waals surface area contributed by atoms with Crippen molar-refractivity contribution in [1.82, 2.24) is 4.90 Å². The normalized spacial score (nSPS) is 12.4. The Morgan fingerprint density at radius 1 is 1.00 bits per heavy atom. The zero-order valence-corrected chi connectivity index (χ0v) is 13.9. The summed E-state index contributed by atoms with van der Waals surface area (Å²) < 4.78 is 5.09. The van der Waals surface area contributed by atoms with E-state index in [9.17, 15) is 0 Å². The molecule has 0 radical (unpaired) electrons. The average molecular weight is 280 g/mol. The highest BCUT2D eigenvalue weighted by molar-refractivity contribution is 6.76. The first-order valence-corrected chi connectivity index (χ1v) is 11.0. The minimum atomic E-state index is -0.843. The molecule has 0 saturated heterocycles. The van der Waals surface area contributed by atoms with Gasteiger partial charge in [0.15, 0.2) is 0 Å². The summed E-state index contributed by atoms with van der Waals surface area (Å²) in [6.07, 6.45) is 3.80. The number of alkyl halides is 1. The van der Waals surface area contributed by atoms with Crippen LogP contribution in [0.4, 0.5) is 0 Å². The van der Waals surface area contributed by atoms with Gasteiger partial charge in [-0.15, -0.1) is 11.6 Å². The van der Waals surface area contributed by atoms with Gasteiger partial charge in [0.1, 0.15) is 0 Å². The van der Waals surface area contributed by atoms with Crippen LogP contribution in [0, 0.1) is 0 Å². The molecule has 0 fully saturated rings. The van der Waals surface area contributed by atoms with Crippen LogP contribution < -0.4 is 0 Å². The Bertz CT molecular complexity index is 173. The van der Waals surface area contributed by atoms with Crippen LogP contribution in [-0.2, 0) is 4.74 Å². The Labute approximate surface area is 114 Å². The van der Waals surface area contributed by atoms with Crippen molar-refractivity contribution < 1.29 is 4.74 Å². The minimum Gasteiger partial charge on any atom is -0.385 e. The highest BCUT2D eigenvalue weighted by Crippen LogP contribution is 2.13. The molecule has 104 valence electrons. The van der Waals surface area contributed by atoms with Gasteiger partial charge in [-0.3, -0.25) is 0 Å². The zero-order valence-electron chi connectivity index (χ0n) is 12.1. The van der Waals surface area contributed by atoms with Crippen LogP contribution in [0.15, 0.2) is 0 Å². The lowest BCUT2D eigenvalue weighted by Gasteiger charge is -2.22. The smallest absolute Gasteiger partial charge is 0.0474 e. The molecule has 0 amide bonds. The molecule has 0 aliphatic carbocycles. The molecule has 2 nitrogen and oxygen atoms in total. The standard InChI is InChI=1S/C13H30ClNOSi/c1-16-12-7-10-15(11-8-14)9-5-6-13-17(2,3)4/h5-13H2,1-4H3. The van der Waals surface area contributed by atoms with E-state index < -0.39 is 8.07 Å². The second kappa shape index (κ2) is 10.4. The Morgan fingerprint density at radius 3 is 2.18 bits per heavy atom. The molecule has 0 aromatic heterocycles. The number of unbranched alkanes of at least 4 members (excludes halogenated alkanes) is 1. The zero-order chi connectivity index (χ0) is 13.1. The van der Waals surface area contributed by atoms with E-state index in [2.05, 4.69) is 24.5 Å². The highest BCUT2D eigenvalue weighted by Gasteiger charge is 2.12. The number of nitrogens with zero attached hydrogens (tertiary/aromatic N) is 1. The third-order valence-electron chi connectivity index (χ3n) is 2.87. The number of ether oxygens (including phenoxy) is 1. The molecule has 0 atom stereocenters. The van der Waals surface area contributed by atoms with E-state index in [1.807, 2.05) is 0 Å². The fourth-order valence-electron chi connectivity index (χ4n) is 1.88. The summed E-state index contributed by atoms with van der Waals surface area (Å²) in [5.41, 5.74) is 0. The molecule has 0 bridgehead atoms. The van der Waals surface area contributed by atoms with Gasteiger partial charge in [-0.2, -0.15) is 0 Å². The first-order valence-electron chi connectivity index (χ1n) is 6.77. The van der Waals surface area contributed by atoms with Gasteiger partial charge < -0.3 is 9.64 Å². The van der Waals surface area contributed by atoms with Crippen molar-refractivity contribution in [2.75, 3.05) is 39.2 Å². The minimum absolute atomic E-state index is 0.737. The first-order chi connectivity index (χ1) is 7.99. The summed E-state index contributed by atoms with van der Waals surface area (Å²) in [6, 6.07) is 1.44. The van der Waals surface area contributed by atoms with Crippen molar-refractivity contribution in [3.8, 4) is 0 Å². The molecule has 17 heavy (non-hydrogen) atoms. The lowest BCUT2D eigenvalue weighted by molar-refractivity contribution is 0.173. The quantitative estimate of drug-likeness (QED) is 0.325. The number of halogens is 1. The third-order valence-corrected chi connectivity index (χ3v) is 4.90. The predicted octanol–water partition coefficient (Wildman–Crippen LogP) is 3.68. The van der Waals surface area contributed by atoms with Gasteiger partial charge in [0.05, 0.1) is 0 Å². The second-order valence-corrected chi connectivity index (χ2v) is 11.9. The first kappa shape index (κ1) is 17.4. The Balaban J connectivity index is 3.61. The topological polar surface area (TPSA) is 12.5 Å². The predicted molar refractivity (Wildman–Crippen MR) is 81.0 cm³/mol. The molecule has 0 rings (SSSR count). The van der Waals surface area contributed by atoms with Crippen molar-refractivity contribution in [3.63, 3.8) is 0 Å². The van der Waals surface area contributed by atoms with Gasteiger partial charge >= 0.3 is 0 Å². The summed E-state index contributed by atoms with van der Waals surface area (Å²) >= 11 is 5.83. The molecule has 0 heterocycles. The maximum atomic E-state index is 5.83. The van der Waals surface area contributed by atoms with Crippen molar-refractivity contribution in [1.29, 1.82) is 0 Å². The molecule has 0 spiro atoms. The maximum Gasteiger partial charge on any atom is 0.0474 e. The van der Waals surface area contributed by atoms with Crippen molar-refractivity contribution in [2.24, 2.45) is 0 Å². The van der Waals surface area contributed by atoms with Gasteiger partial charge in [-0.25, -0.2) is 0 Å². The number of rotatable bonds is 11. The van der Waals surface area contributed by atoms with Gasteiger partial charge in [0, 0.05) is 40.8 Å². The largest absolute Gasteiger partial charge is 0.385 e. The molecule has 0 aliphatic heterocycles. The van der Waals surface area contributed by atoms with Crippen LogP contribution in [0.1, 0.15) is 19.3 Å². The molecule has 0 aromatic carbocycles. The monoisotopic (exact) mass is 279 g/mol. The highest BCUT2D eigenvalue weighted by atomic mass is 35.5. The van der Waals surface area contributed by atoms with E-state index in [0.29, 0.717) is 0 Å². The van der Waals surface area contributed by atoms with Crippen LogP contribution >= 0.6 is 11.6 Å². The Hall–Kier alpha value is 0.427. The van der Waals surface area contributed by atoms with E-state index >= 15 is 0 Å². The second-order valence-electron chi connectivity index (χ2n) is 5.89. The van der Waals surface area contributed by atoms with Gasteiger partial charge in [-0.05, 0) is 19.4 Å². The van der Waals surface area contributed by atoms with E-state index in [4.69, 9.17) is 16.3 Å². The summed E-state index contributed by atoms with van der Waals surface area (Å²) in [6.45, 7) is 11.5. The average Bonchev–Trinajstić information content (AvgIpc) is 2.23. The van der Waals surface area contributed by atoms with Crippen LogP contribution in [0.2, 0.25) is 25.7 Å². The number of hydrogen-bond donors (Lipinski definition) is 0. The summed E-state index contributed by atoms with van der Waals surface area (Å²) in [5, 5.41) is 0. The molecular formula is C13H30ClNOSi. The van der Waals surface area contributed by atoms with E-state index in [-0.39, 0.29) is 0 Å². The van der Waals surface area contributed by atoms with E-state index in [1.54, 1.807) is 7.11 Å². The van der Waals surface area contributed by atoms with Crippen LogP contribution in [0.3, 0.4) is 0 Å². The Kier molecular flexibility index (Phi) is 10.6. The summed E-state index contributed by atoms with van der Waals surface area (Å²) in [5.74, 6) is 0.737. The van der Waals surface area contributed by atoms with Crippen molar-refractivity contribution in [3.05, 3.63) is 0 Å². The van der Waals surface area contributed by atoms with Crippen molar-refractivity contribution in [2.45, 2.75) is 44.9 Å². The molecular weight excluding hydrogens is 250 g/mol. The maximum absolute atomic E-state index is 5.83. The summed E-state index contributed by atoms with van der Waals surface area (Å²) in [4.78, 5) is 2.47. The van der Waals surface area contributed by atoms with Crippen LogP contribution in [0.5, 0.6) is 0 Å². The number of methoxy groups -OCH3 is 1. The third kappa shape index (κ3) is 12.7. The van der Waals surface area contributed by atoms with Crippen LogP contribution in [0.25, 0.3) is 0 Å². The molecule has 0 aliphatic rings. The molecule has 0 unspecified atom stereocenters. The van der Waals surface area contributed by atoms with Crippen molar-refractivity contribution >= 4 is 19.7 Å². The van der Waals surface area contributed by atoms with E-state index in [0.717, 1.165) is 32.0 Å². The molecule has 0 saturated carbocycles. The fraction of sp³-hybridized carbons (Fsp3) is 1.00. The van der Waals surface area contributed by atoms with Gasteiger partial charge in [0.25, 0.3) is 0 Å². The summed E-state index contributed by atoms with van der Waals surface area (Å²) in [7, 11) is 0.920. The van der Waals surface area contributed by atoms with E-state index in [1.165, 1.54) is 25.4 Å². The SMILES string of the molecule is COCCCN(CCCl)CCCC[Si](C)(C)C.